The number of carbonyl (C=O) groups excluding carboxylic acids is 1. The molecule has 0 unspecified atom stereocenters. The molecule has 0 fully saturated rings. The maximum Gasteiger partial charge on any atom is 0.243 e. The third-order valence-electron chi connectivity index (χ3n) is 1.81. The topological polar surface area (TPSA) is 90.1 Å². The minimum absolute atomic E-state index is 0.0334. The van der Waals surface area contributed by atoms with Gasteiger partial charge in [0.15, 0.2) is 0 Å². The van der Waals surface area contributed by atoms with E-state index in [-0.39, 0.29) is 6.61 Å². The van der Waals surface area contributed by atoms with Crippen molar-refractivity contribution in [3.8, 4) is 0 Å². The lowest BCUT2D eigenvalue weighted by molar-refractivity contribution is -0.122. The smallest absolute Gasteiger partial charge is 0.243 e. The van der Waals surface area contributed by atoms with Crippen LogP contribution in [0.5, 0.6) is 0 Å². The van der Waals surface area contributed by atoms with Crippen molar-refractivity contribution in [1.29, 1.82) is 0 Å². The number of rotatable bonds is 7. The van der Waals surface area contributed by atoms with Crippen molar-refractivity contribution >= 4 is 5.91 Å². The van der Waals surface area contributed by atoms with Gasteiger partial charge in [-0.1, -0.05) is 0 Å². The van der Waals surface area contributed by atoms with Crippen LogP contribution in [0.15, 0.2) is 12.3 Å². The number of nitrogens with zero attached hydrogens (tertiary/aromatic N) is 2. The molecule has 1 rings (SSSR count). The van der Waals surface area contributed by atoms with Crippen molar-refractivity contribution in [2.75, 3.05) is 19.8 Å². The maximum absolute atomic E-state index is 10.4. The first-order valence-electron chi connectivity index (χ1n) is 5.04. The Bertz CT molecular complexity index is 343. The number of hydrogen-bond acceptors (Lipinski definition) is 5. The summed E-state index contributed by atoms with van der Waals surface area (Å²) in [7, 11) is 0. The van der Waals surface area contributed by atoms with Crippen molar-refractivity contribution in [3.63, 3.8) is 0 Å². The van der Waals surface area contributed by atoms with Crippen LogP contribution in [0, 0.1) is 6.92 Å². The zero-order valence-corrected chi connectivity index (χ0v) is 9.27. The fourth-order valence-corrected chi connectivity index (χ4v) is 1.14. The first-order valence-corrected chi connectivity index (χ1v) is 5.04. The number of primary amides is 1. The minimum Gasteiger partial charge on any atom is -0.370 e. The largest absolute Gasteiger partial charge is 0.370 e. The maximum atomic E-state index is 10.4. The highest BCUT2D eigenvalue weighted by atomic mass is 16.5. The van der Waals surface area contributed by atoms with Crippen LogP contribution in [0.3, 0.4) is 0 Å². The molecule has 0 aliphatic heterocycles. The van der Waals surface area contributed by atoms with E-state index in [1.165, 1.54) is 0 Å². The molecule has 0 bridgehead atoms. The van der Waals surface area contributed by atoms with E-state index >= 15 is 0 Å². The Morgan fingerprint density at radius 2 is 2.44 bits per heavy atom. The summed E-state index contributed by atoms with van der Waals surface area (Å²) in [6, 6.07) is 1.85. The molecule has 0 spiro atoms. The van der Waals surface area contributed by atoms with Gasteiger partial charge in [0.2, 0.25) is 5.91 Å². The van der Waals surface area contributed by atoms with Crippen LogP contribution in [0.2, 0.25) is 0 Å². The van der Waals surface area contributed by atoms with Crippen molar-refractivity contribution in [2.45, 2.75) is 13.5 Å². The number of nitrogens with one attached hydrogen (secondary N) is 1. The first kappa shape index (κ1) is 12.5. The molecular weight excluding hydrogens is 208 g/mol. The molecule has 0 aliphatic carbocycles. The number of nitrogens with two attached hydrogens (primary N) is 1. The molecule has 3 N–H and O–H groups in total. The van der Waals surface area contributed by atoms with Crippen LogP contribution >= 0.6 is 0 Å². The van der Waals surface area contributed by atoms with Crippen LogP contribution in [0.1, 0.15) is 11.5 Å². The van der Waals surface area contributed by atoms with E-state index in [1.807, 2.05) is 13.0 Å². The van der Waals surface area contributed by atoms with Gasteiger partial charge in [-0.2, -0.15) is 0 Å². The van der Waals surface area contributed by atoms with Crippen LogP contribution in [0.25, 0.3) is 0 Å². The Hall–Kier alpha value is -1.53. The van der Waals surface area contributed by atoms with Gasteiger partial charge in [0.25, 0.3) is 0 Å². The lowest BCUT2D eigenvalue weighted by Gasteiger charge is -2.04. The van der Waals surface area contributed by atoms with Crippen molar-refractivity contribution < 1.29 is 9.53 Å². The van der Waals surface area contributed by atoms with Gasteiger partial charge in [0.1, 0.15) is 12.4 Å². The summed E-state index contributed by atoms with van der Waals surface area (Å²) in [5.41, 5.74) is 5.85. The summed E-state index contributed by atoms with van der Waals surface area (Å²) in [6.45, 7) is 3.57. The highest BCUT2D eigenvalue weighted by Gasteiger charge is 1.96. The molecule has 0 aliphatic rings. The van der Waals surface area contributed by atoms with E-state index in [4.69, 9.17) is 10.5 Å². The van der Waals surface area contributed by atoms with Gasteiger partial charge in [0.05, 0.1) is 12.3 Å². The monoisotopic (exact) mass is 224 g/mol. The zero-order valence-electron chi connectivity index (χ0n) is 9.27. The molecule has 1 aromatic rings. The van der Waals surface area contributed by atoms with Gasteiger partial charge in [-0.25, -0.2) is 9.97 Å². The average molecular weight is 224 g/mol. The van der Waals surface area contributed by atoms with E-state index < -0.39 is 5.91 Å². The molecule has 0 saturated carbocycles. The number of aromatic nitrogens is 2. The lowest BCUT2D eigenvalue weighted by Crippen LogP contribution is -2.24. The highest BCUT2D eigenvalue weighted by Crippen LogP contribution is 1.93. The molecule has 1 heterocycles. The van der Waals surface area contributed by atoms with E-state index in [2.05, 4.69) is 15.3 Å². The Morgan fingerprint density at radius 3 is 3.12 bits per heavy atom. The third kappa shape index (κ3) is 5.38. The summed E-state index contributed by atoms with van der Waals surface area (Å²) in [5.74, 6) is 0.302. The summed E-state index contributed by atoms with van der Waals surface area (Å²) in [4.78, 5) is 18.6. The second kappa shape index (κ2) is 6.86. The summed E-state index contributed by atoms with van der Waals surface area (Å²) >= 11 is 0. The van der Waals surface area contributed by atoms with Crippen LogP contribution in [0.4, 0.5) is 0 Å². The standard InChI is InChI=1S/C10H16N4O2/c1-8-13-3-2-9(14-8)6-12-4-5-16-7-10(11)15/h2-3,12H,4-7H2,1H3,(H2,11,15). The Kier molecular flexibility index (Phi) is 5.38. The molecular formula is C10H16N4O2. The average Bonchev–Trinajstić information content (AvgIpc) is 2.23. The van der Waals surface area contributed by atoms with Gasteiger partial charge in [-0.05, 0) is 13.0 Å². The number of hydrogen-bond donors (Lipinski definition) is 2. The molecule has 1 aromatic heterocycles. The van der Waals surface area contributed by atoms with E-state index in [1.54, 1.807) is 6.20 Å². The fraction of sp³-hybridized carbons (Fsp3) is 0.500. The third-order valence-corrected chi connectivity index (χ3v) is 1.81. The number of amides is 1. The molecule has 0 radical (unpaired) electrons. The zero-order chi connectivity index (χ0) is 11.8. The molecule has 88 valence electrons. The predicted molar refractivity (Wildman–Crippen MR) is 58.5 cm³/mol. The van der Waals surface area contributed by atoms with Crippen molar-refractivity contribution in [2.24, 2.45) is 5.73 Å². The van der Waals surface area contributed by atoms with Crippen LogP contribution in [-0.4, -0.2) is 35.6 Å². The predicted octanol–water partition coefficient (Wildman–Crippen LogP) is -0.623. The molecule has 6 heteroatoms. The molecule has 0 atom stereocenters. The van der Waals surface area contributed by atoms with Crippen LogP contribution in [-0.2, 0) is 16.1 Å². The molecule has 1 amide bonds. The Morgan fingerprint density at radius 1 is 1.62 bits per heavy atom. The first-order chi connectivity index (χ1) is 7.68. The normalized spacial score (nSPS) is 10.3. The quantitative estimate of drug-likeness (QED) is 0.602. The van der Waals surface area contributed by atoms with Gasteiger partial charge >= 0.3 is 0 Å². The number of ether oxygens (including phenoxy) is 1. The van der Waals surface area contributed by atoms with E-state index in [0.29, 0.717) is 19.7 Å². The van der Waals surface area contributed by atoms with Gasteiger partial charge in [0, 0.05) is 19.3 Å². The van der Waals surface area contributed by atoms with Gasteiger partial charge in [-0.15, -0.1) is 0 Å². The Labute approximate surface area is 94.2 Å². The van der Waals surface area contributed by atoms with E-state index in [9.17, 15) is 4.79 Å². The highest BCUT2D eigenvalue weighted by molar-refractivity contribution is 5.74. The number of aryl methyl sites for hydroxylation is 1. The second-order valence-electron chi connectivity index (χ2n) is 3.29. The minimum atomic E-state index is -0.452. The number of carbonyl (C=O) groups is 1. The SMILES string of the molecule is Cc1nccc(CNCCOCC(N)=O)n1. The molecule has 0 saturated heterocycles. The van der Waals surface area contributed by atoms with Gasteiger partial charge in [-0.3, -0.25) is 4.79 Å². The van der Waals surface area contributed by atoms with Crippen molar-refractivity contribution in [1.82, 2.24) is 15.3 Å². The summed E-state index contributed by atoms with van der Waals surface area (Å²) in [5, 5.41) is 3.14. The summed E-state index contributed by atoms with van der Waals surface area (Å²) < 4.78 is 4.99. The fourth-order valence-electron chi connectivity index (χ4n) is 1.14. The summed E-state index contributed by atoms with van der Waals surface area (Å²) in [6.07, 6.45) is 1.73. The molecule has 6 nitrogen and oxygen atoms in total. The molecule has 16 heavy (non-hydrogen) atoms. The lowest BCUT2D eigenvalue weighted by atomic mass is 10.4. The van der Waals surface area contributed by atoms with Crippen LogP contribution < -0.4 is 11.1 Å². The van der Waals surface area contributed by atoms with E-state index in [0.717, 1.165) is 11.5 Å². The second-order valence-corrected chi connectivity index (χ2v) is 3.29. The van der Waals surface area contributed by atoms with Crippen molar-refractivity contribution in [3.05, 3.63) is 23.8 Å². The molecule has 0 aromatic carbocycles. The van der Waals surface area contributed by atoms with Gasteiger partial charge < -0.3 is 15.8 Å². The Balaban J connectivity index is 2.09.